The van der Waals surface area contributed by atoms with Crippen LogP contribution in [0.25, 0.3) is 16.8 Å². The number of rotatable bonds is 7. The quantitative estimate of drug-likeness (QED) is 0.392. The van der Waals surface area contributed by atoms with Crippen LogP contribution >= 0.6 is 0 Å². The predicted octanol–water partition coefficient (Wildman–Crippen LogP) is 4.88. The van der Waals surface area contributed by atoms with Crippen molar-refractivity contribution in [1.29, 1.82) is 0 Å². The number of anilines is 1. The van der Waals surface area contributed by atoms with Crippen LogP contribution in [0.2, 0.25) is 0 Å². The van der Waals surface area contributed by atoms with E-state index in [4.69, 9.17) is 9.84 Å². The van der Waals surface area contributed by atoms with E-state index in [0.29, 0.717) is 22.7 Å². The summed E-state index contributed by atoms with van der Waals surface area (Å²) in [6.45, 7) is 1.88. The van der Waals surface area contributed by atoms with Gasteiger partial charge in [0.1, 0.15) is 12.4 Å². The predicted molar refractivity (Wildman–Crippen MR) is 124 cm³/mol. The Labute approximate surface area is 198 Å². The van der Waals surface area contributed by atoms with Crippen molar-refractivity contribution < 1.29 is 27.8 Å². The molecule has 0 unspecified atom stereocenters. The summed E-state index contributed by atoms with van der Waals surface area (Å²) >= 11 is 0. The molecule has 10 heteroatoms. The highest BCUT2D eigenvalue weighted by Crippen LogP contribution is 2.31. The maximum Gasteiger partial charge on any atom is 0.416 e. The maximum atomic E-state index is 13.0. The van der Waals surface area contributed by atoms with Gasteiger partial charge in [-0.15, -0.1) is 0 Å². The first-order chi connectivity index (χ1) is 16.8. The van der Waals surface area contributed by atoms with Gasteiger partial charge in [-0.2, -0.15) is 18.3 Å². The molecule has 2 N–H and O–H groups in total. The average molecular weight is 482 g/mol. The Hall–Kier alpha value is -4.18. The van der Waals surface area contributed by atoms with Crippen LogP contribution in [0, 0.1) is 6.92 Å². The zero-order valence-electron chi connectivity index (χ0n) is 18.6. The molecule has 0 spiro atoms. The van der Waals surface area contributed by atoms with Gasteiger partial charge in [-0.05, 0) is 48.9 Å². The second-order valence-corrected chi connectivity index (χ2v) is 7.65. The Kier molecular flexibility index (Phi) is 6.83. The van der Waals surface area contributed by atoms with Crippen LogP contribution < -0.4 is 10.1 Å². The van der Waals surface area contributed by atoms with E-state index in [-0.39, 0.29) is 18.8 Å². The number of pyridine rings is 1. The van der Waals surface area contributed by atoms with E-state index in [1.54, 1.807) is 53.7 Å². The molecule has 0 bridgehead atoms. The van der Waals surface area contributed by atoms with Crippen molar-refractivity contribution in [2.45, 2.75) is 13.1 Å². The lowest BCUT2D eigenvalue weighted by molar-refractivity contribution is -0.137. The molecule has 180 valence electrons. The minimum atomic E-state index is -4.54. The van der Waals surface area contributed by atoms with Crippen LogP contribution in [0.1, 0.15) is 21.5 Å². The number of halogens is 3. The van der Waals surface area contributed by atoms with Crippen molar-refractivity contribution in [3.05, 3.63) is 90.0 Å². The average Bonchev–Trinajstić information content (AvgIpc) is 3.33. The van der Waals surface area contributed by atoms with Crippen molar-refractivity contribution in [1.82, 2.24) is 14.8 Å². The second-order valence-electron chi connectivity index (χ2n) is 7.65. The highest BCUT2D eigenvalue weighted by atomic mass is 19.4. The maximum absolute atomic E-state index is 13.0. The summed E-state index contributed by atoms with van der Waals surface area (Å²) in [7, 11) is 0. The zero-order chi connectivity index (χ0) is 25.0. The standard InChI is InChI=1S/C25H21F3N4O3/c1-16-5-6-20(31-24(34)17-3-2-4-19(11-17)25(26,27)28)12-22(16)32-15-18(13-30-32)21-14-29-8-7-23(21)35-10-9-33/h2-8,11-15,33H,9-10H2,1H3,(H,31,34). The number of aliphatic hydroxyl groups is 1. The SMILES string of the molecule is Cc1ccc(NC(=O)c2cccc(C(F)(F)F)c2)cc1-n1cc(-c2cnccc2OCCO)cn1. The van der Waals surface area contributed by atoms with Crippen LogP contribution in [0.5, 0.6) is 5.75 Å². The third kappa shape index (κ3) is 5.49. The Morgan fingerprint density at radius 2 is 1.97 bits per heavy atom. The Morgan fingerprint density at radius 1 is 1.14 bits per heavy atom. The Bertz CT molecular complexity index is 1350. The molecule has 4 rings (SSSR count). The smallest absolute Gasteiger partial charge is 0.416 e. The fourth-order valence-electron chi connectivity index (χ4n) is 3.45. The first-order valence-corrected chi connectivity index (χ1v) is 10.6. The van der Waals surface area contributed by atoms with Crippen molar-refractivity contribution >= 4 is 11.6 Å². The lowest BCUT2D eigenvalue weighted by Crippen LogP contribution is -2.14. The van der Waals surface area contributed by atoms with Crippen molar-refractivity contribution in [3.63, 3.8) is 0 Å². The minimum Gasteiger partial charge on any atom is -0.490 e. The summed E-state index contributed by atoms with van der Waals surface area (Å²) in [6, 6.07) is 11.1. The van der Waals surface area contributed by atoms with Crippen LogP contribution in [-0.2, 0) is 6.18 Å². The van der Waals surface area contributed by atoms with Crippen LogP contribution in [-0.4, -0.2) is 39.0 Å². The zero-order valence-corrected chi connectivity index (χ0v) is 18.6. The first-order valence-electron chi connectivity index (χ1n) is 10.6. The van der Waals surface area contributed by atoms with Crippen molar-refractivity contribution in [2.24, 2.45) is 0 Å². The number of aliphatic hydroxyl groups excluding tert-OH is 1. The number of aromatic nitrogens is 3. The molecular weight excluding hydrogens is 461 g/mol. The largest absolute Gasteiger partial charge is 0.490 e. The van der Waals surface area contributed by atoms with Gasteiger partial charge in [-0.1, -0.05) is 12.1 Å². The third-order valence-corrected chi connectivity index (χ3v) is 5.19. The number of ether oxygens (including phenoxy) is 1. The Balaban J connectivity index is 1.59. The highest BCUT2D eigenvalue weighted by Gasteiger charge is 2.30. The molecule has 0 atom stereocenters. The van der Waals surface area contributed by atoms with Gasteiger partial charge < -0.3 is 15.2 Å². The fourth-order valence-corrected chi connectivity index (χ4v) is 3.45. The monoisotopic (exact) mass is 482 g/mol. The van der Waals surface area contributed by atoms with E-state index in [9.17, 15) is 18.0 Å². The molecule has 0 saturated carbocycles. The Morgan fingerprint density at radius 3 is 2.74 bits per heavy atom. The number of alkyl halides is 3. The fraction of sp³-hybridized carbons (Fsp3) is 0.160. The normalized spacial score (nSPS) is 11.3. The van der Waals surface area contributed by atoms with E-state index in [2.05, 4.69) is 15.4 Å². The summed E-state index contributed by atoms with van der Waals surface area (Å²) in [4.78, 5) is 16.7. The van der Waals surface area contributed by atoms with Gasteiger partial charge in [0.05, 0.1) is 24.1 Å². The molecule has 0 saturated heterocycles. The molecule has 2 heterocycles. The van der Waals surface area contributed by atoms with Crippen molar-refractivity contribution in [3.8, 4) is 22.6 Å². The number of hydrogen-bond donors (Lipinski definition) is 2. The molecule has 0 radical (unpaired) electrons. The summed E-state index contributed by atoms with van der Waals surface area (Å²) in [5.74, 6) is -0.111. The van der Waals surface area contributed by atoms with Gasteiger partial charge >= 0.3 is 6.18 Å². The minimum absolute atomic E-state index is 0.102. The number of carbonyl (C=O) groups excluding carboxylic acids is 1. The van der Waals surface area contributed by atoms with E-state index < -0.39 is 17.6 Å². The number of amides is 1. The highest BCUT2D eigenvalue weighted by molar-refractivity contribution is 6.04. The molecule has 2 aromatic carbocycles. The lowest BCUT2D eigenvalue weighted by atomic mass is 10.1. The van der Waals surface area contributed by atoms with Gasteiger partial charge in [-0.25, -0.2) is 4.68 Å². The molecule has 35 heavy (non-hydrogen) atoms. The van der Waals surface area contributed by atoms with Crippen LogP contribution in [0.3, 0.4) is 0 Å². The van der Waals surface area contributed by atoms with E-state index in [0.717, 1.165) is 23.3 Å². The molecule has 1 amide bonds. The molecule has 0 aliphatic carbocycles. The lowest BCUT2D eigenvalue weighted by Gasteiger charge is -2.12. The molecule has 0 aliphatic rings. The summed E-state index contributed by atoms with van der Waals surface area (Å²) < 4.78 is 46.2. The number of nitrogens with one attached hydrogen (secondary N) is 1. The van der Waals surface area contributed by atoms with Crippen LogP contribution in [0.4, 0.5) is 18.9 Å². The molecular formula is C25H21F3N4O3. The molecule has 0 fully saturated rings. The van der Waals surface area contributed by atoms with Gasteiger partial charge in [0, 0.05) is 41.0 Å². The summed E-state index contributed by atoms with van der Waals surface area (Å²) in [6.07, 6.45) is 2.08. The second kappa shape index (κ2) is 9.98. The number of carbonyl (C=O) groups is 1. The summed E-state index contributed by atoms with van der Waals surface area (Å²) in [5.41, 5.74) is 2.35. The molecule has 0 aliphatic heterocycles. The number of aryl methyl sites for hydroxylation is 1. The van der Waals surface area contributed by atoms with Gasteiger partial charge in [0.15, 0.2) is 0 Å². The number of benzene rings is 2. The third-order valence-electron chi connectivity index (χ3n) is 5.19. The van der Waals surface area contributed by atoms with E-state index in [1.807, 2.05) is 6.92 Å². The van der Waals surface area contributed by atoms with Crippen molar-refractivity contribution in [2.75, 3.05) is 18.5 Å². The number of hydrogen-bond acceptors (Lipinski definition) is 5. The molecule has 7 nitrogen and oxygen atoms in total. The van der Waals surface area contributed by atoms with E-state index >= 15 is 0 Å². The van der Waals surface area contributed by atoms with Crippen LogP contribution in [0.15, 0.2) is 73.3 Å². The van der Waals surface area contributed by atoms with Gasteiger partial charge in [0.2, 0.25) is 0 Å². The number of nitrogens with zero attached hydrogens (tertiary/aromatic N) is 3. The van der Waals surface area contributed by atoms with E-state index in [1.165, 1.54) is 12.1 Å². The molecule has 2 aromatic heterocycles. The van der Waals surface area contributed by atoms with Gasteiger partial charge in [0.25, 0.3) is 5.91 Å². The molecule has 4 aromatic rings. The van der Waals surface area contributed by atoms with Gasteiger partial charge in [-0.3, -0.25) is 9.78 Å². The topological polar surface area (TPSA) is 89.3 Å². The summed E-state index contributed by atoms with van der Waals surface area (Å²) in [5, 5.41) is 16.1. The first kappa shape index (κ1) is 24.0.